The molecule has 32 heavy (non-hydrogen) atoms. The molecule has 0 heterocycles. The molecule has 0 saturated heterocycles. The van der Waals surface area contributed by atoms with Gasteiger partial charge in [0.15, 0.2) is 5.78 Å². The number of hydrogen-bond donors (Lipinski definition) is 6. The van der Waals surface area contributed by atoms with Gasteiger partial charge in [-0.15, -0.1) is 5.53 Å². The largest absolute Gasteiger partial charge is 0.493 e. The minimum absolute atomic E-state index is 0.324. The Morgan fingerprint density at radius 3 is 2.72 bits per heavy atom. The van der Waals surface area contributed by atoms with Crippen LogP contribution >= 0.6 is 0 Å². The van der Waals surface area contributed by atoms with Crippen LogP contribution in [0.1, 0.15) is 62.7 Å². The Morgan fingerprint density at radius 2 is 2.03 bits per heavy atom. The van der Waals surface area contributed by atoms with Gasteiger partial charge < -0.3 is 15.8 Å². The van der Waals surface area contributed by atoms with Gasteiger partial charge in [-0.25, -0.2) is 5.53 Å². The van der Waals surface area contributed by atoms with Crippen molar-refractivity contribution < 1.29 is 14.3 Å². The Hall–Kier alpha value is -2.86. The normalized spacial score (nSPS) is 12.2. The molecule has 1 aromatic carbocycles. The first-order valence-corrected chi connectivity index (χ1v) is 10.9. The number of ketones is 1. The summed E-state index contributed by atoms with van der Waals surface area (Å²) < 4.78 is 5.85. The number of amides is 1. The SMILES string of the molecule is C/C=N\c1ccc(OCCCCCN)c(C(=O)N[C@@H](CCCC)C(=O)/C=N\NNNN)c1. The number of benzene rings is 1. The van der Waals surface area contributed by atoms with E-state index in [-0.39, 0.29) is 5.78 Å². The lowest BCUT2D eigenvalue weighted by Crippen LogP contribution is -2.45. The van der Waals surface area contributed by atoms with E-state index in [2.05, 4.69) is 32.0 Å². The van der Waals surface area contributed by atoms with Crippen molar-refractivity contribution in [1.29, 1.82) is 0 Å². The van der Waals surface area contributed by atoms with E-state index in [1.807, 2.05) is 6.92 Å². The second kappa shape index (κ2) is 16.8. The number of hydrogen-bond acceptors (Lipinski definition) is 10. The predicted molar refractivity (Wildman–Crippen MR) is 127 cm³/mol. The summed E-state index contributed by atoms with van der Waals surface area (Å²) in [6, 6.07) is 4.43. The molecule has 0 aliphatic rings. The van der Waals surface area contributed by atoms with Crippen molar-refractivity contribution in [3.63, 3.8) is 0 Å². The number of carbonyl (C=O) groups is 2. The molecular formula is C21H36N8O3. The lowest BCUT2D eigenvalue weighted by atomic mass is 10.0. The van der Waals surface area contributed by atoms with E-state index >= 15 is 0 Å². The smallest absolute Gasteiger partial charge is 0.255 e. The molecule has 1 atom stereocenters. The topological polar surface area (TPSA) is 168 Å². The number of nitrogens with one attached hydrogen (secondary N) is 4. The molecule has 1 amide bonds. The molecule has 0 aliphatic carbocycles. The molecule has 0 radical (unpaired) electrons. The molecule has 0 aromatic heterocycles. The lowest BCUT2D eigenvalue weighted by Gasteiger charge is -2.18. The van der Waals surface area contributed by atoms with E-state index in [1.165, 1.54) is 0 Å². The van der Waals surface area contributed by atoms with Crippen LogP contribution in [0.3, 0.4) is 0 Å². The van der Waals surface area contributed by atoms with Crippen LogP contribution in [0.5, 0.6) is 5.75 Å². The third-order valence-corrected chi connectivity index (χ3v) is 4.47. The summed E-state index contributed by atoms with van der Waals surface area (Å²) in [7, 11) is 0. The van der Waals surface area contributed by atoms with Gasteiger partial charge in [-0.1, -0.05) is 19.8 Å². The number of nitrogens with zero attached hydrogens (tertiary/aromatic N) is 2. The molecule has 0 aliphatic heterocycles. The van der Waals surface area contributed by atoms with Gasteiger partial charge in [0.25, 0.3) is 5.91 Å². The molecule has 0 fully saturated rings. The van der Waals surface area contributed by atoms with Crippen molar-refractivity contribution in [2.45, 2.75) is 58.4 Å². The number of Topliss-reactive ketones (excluding diaryl/α,β-unsaturated/α-hetero) is 1. The van der Waals surface area contributed by atoms with Gasteiger partial charge in [0.2, 0.25) is 0 Å². The first-order valence-electron chi connectivity index (χ1n) is 10.9. The molecule has 178 valence electrons. The van der Waals surface area contributed by atoms with Gasteiger partial charge in [0.05, 0.1) is 30.1 Å². The van der Waals surface area contributed by atoms with E-state index in [0.717, 1.165) is 38.3 Å². The molecule has 11 heteroatoms. The maximum absolute atomic E-state index is 13.1. The van der Waals surface area contributed by atoms with E-state index in [0.29, 0.717) is 36.6 Å². The van der Waals surface area contributed by atoms with Gasteiger partial charge in [-0.2, -0.15) is 10.6 Å². The zero-order valence-corrected chi connectivity index (χ0v) is 18.9. The molecule has 1 aromatic rings. The summed E-state index contributed by atoms with van der Waals surface area (Å²) in [5, 5.41) is 6.52. The van der Waals surface area contributed by atoms with Crippen LogP contribution in [0.25, 0.3) is 0 Å². The highest BCUT2D eigenvalue weighted by molar-refractivity contribution is 6.30. The van der Waals surface area contributed by atoms with Crippen molar-refractivity contribution in [3.05, 3.63) is 23.8 Å². The minimum atomic E-state index is -0.727. The van der Waals surface area contributed by atoms with Crippen LogP contribution in [-0.2, 0) is 4.79 Å². The molecule has 1 rings (SSSR count). The predicted octanol–water partition coefficient (Wildman–Crippen LogP) is 1.23. The number of rotatable bonds is 17. The number of nitrogens with two attached hydrogens (primary N) is 2. The van der Waals surface area contributed by atoms with Crippen LogP contribution in [0.2, 0.25) is 0 Å². The first-order chi connectivity index (χ1) is 15.6. The molecule has 0 saturated carbocycles. The third-order valence-electron chi connectivity index (χ3n) is 4.47. The third kappa shape index (κ3) is 10.4. The second-order valence-corrected chi connectivity index (χ2v) is 6.98. The summed E-state index contributed by atoms with van der Waals surface area (Å²) in [5.74, 6) is 4.73. The van der Waals surface area contributed by atoms with Gasteiger partial charge in [-0.3, -0.25) is 20.4 Å². The summed E-state index contributed by atoms with van der Waals surface area (Å²) in [5.41, 5.74) is 13.2. The molecular weight excluding hydrogens is 412 g/mol. The summed E-state index contributed by atoms with van der Waals surface area (Å²) >= 11 is 0. The monoisotopic (exact) mass is 448 g/mol. The number of hydrazine groups is 3. The van der Waals surface area contributed by atoms with E-state index in [9.17, 15) is 9.59 Å². The van der Waals surface area contributed by atoms with E-state index < -0.39 is 11.9 Å². The van der Waals surface area contributed by atoms with Crippen molar-refractivity contribution in [2.75, 3.05) is 13.2 Å². The van der Waals surface area contributed by atoms with Crippen LogP contribution < -0.4 is 38.2 Å². The van der Waals surface area contributed by atoms with E-state index in [4.69, 9.17) is 16.3 Å². The van der Waals surface area contributed by atoms with Crippen LogP contribution in [0.15, 0.2) is 28.3 Å². The second-order valence-electron chi connectivity index (χ2n) is 6.98. The van der Waals surface area contributed by atoms with Crippen LogP contribution in [0.4, 0.5) is 5.69 Å². The fourth-order valence-electron chi connectivity index (χ4n) is 2.84. The average Bonchev–Trinajstić information content (AvgIpc) is 2.79. The Kier molecular flexibility index (Phi) is 14.3. The standard InChI is InChI=1S/C21H36N8O3/c1-3-5-9-18(19(30)15-25-28-29-27-23)26-21(31)17-14-16(24-4-2)10-11-20(17)32-13-8-6-7-12-22/h4,10-11,14-15,18,27-29H,3,5-9,12-13,22-23H2,1-2H3,(H,26,31)/b24-4-,25-15-/t18-/m0/s1. The average molecular weight is 449 g/mol. The quantitative estimate of drug-likeness (QED) is 0.0895. The van der Waals surface area contributed by atoms with E-state index in [1.54, 1.807) is 31.3 Å². The molecule has 8 N–H and O–H groups in total. The van der Waals surface area contributed by atoms with Crippen molar-refractivity contribution in [1.82, 2.24) is 21.9 Å². The Balaban J connectivity index is 2.98. The number of ether oxygens (including phenoxy) is 1. The Labute approximate surface area is 189 Å². The van der Waals surface area contributed by atoms with Gasteiger partial charge in [0, 0.05) is 6.21 Å². The molecule has 11 nitrogen and oxygen atoms in total. The Morgan fingerprint density at radius 1 is 1.22 bits per heavy atom. The molecule has 0 bridgehead atoms. The van der Waals surface area contributed by atoms with Crippen molar-refractivity contribution in [3.8, 4) is 5.75 Å². The molecule has 0 unspecified atom stereocenters. The maximum Gasteiger partial charge on any atom is 0.255 e. The minimum Gasteiger partial charge on any atom is -0.493 e. The lowest BCUT2D eigenvalue weighted by molar-refractivity contribution is -0.114. The zero-order chi connectivity index (χ0) is 23.6. The first kappa shape index (κ1) is 27.2. The number of aliphatic imine (C=N–C) groups is 1. The number of unbranched alkanes of at least 4 members (excludes halogenated alkanes) is 3. The summed E-state index contributed by atoms with van der Waals surface area (Å²) in [4.78, 5) is 29.9. The highest BCUT2D eigenvalue weighted by Gasteiger charge is 2.22. The van der Waals surface area contributed by atoms with Gasteiger partial charge in [-0.05, 0) is 57.4 Å². The fraction of sp³-hybridized carbons (Fsp3) is 0.524. The Bertz CT molecular complexity index is 755. The zero-order valence-electron chi connectivity index (χ0n) is 18.9. The summed E-state index contributed by atoms with van der Waals surface area (Å²) in [6.45, 7) is 4.92. The highest BCUT2D eigenvalue weighted by Crippen LogP contribution is 2.25. The van der Waals surface area contributed by atoms with Crippen LogP contribution in [-0.4, -0.2) is 43.3 Å². The van der Waals surface area contributed by atoms with Gasteiger partial charge >= 0.3 is 0 Å². The van der Waals surface area contributed by atoms with Gasteiger partial charge in [0.1, 0.15) is 5.75 Å². The number of carbonyl (C=O) groups excluding carboxylic acids is 2. The maximum atomic E-state index is 13.1. The number of hydrazone groups is 1. The van der Waals surface area contributed by atoms with Crippen molar-refractivity contribution in [2.24, 2.45) is 21.7 Å². The fourth-order valence-corrected chi connectivity index (χ4v) is 2.84. The van der Waals surface area contributed by atoms with Crippen LogP contribution in [0, 0.1) is 0 Å². The molecule has 0 spiro atoms. The highest BCUT2D eigenvalue weighted by atomic mass is 16.5. The van der Waals surface area contributed by atoms with Crippen molar-refractivity contribution >= 4 is 29.8 Å². The summed E-state index contributed by atoms with van der Waals surface area (Å²) in [6.07, 6.45) is 7.58.